The van der Waals surface area contributed by atoms with E-state index in [1.54, 1.807) is 41.5 Å². The molecule has 1 saturated heterocycles. The SMILES string of the molecule is O=C(Nc1cn(C2COC2)nc1-c1cc2sccc2cc1OC(F)F)c1cnn2cccnc12. The van der Waals surface area contributed by atoms with Crippen molar-refractivity contribution in [1.29, 1.82) is 0 Å². The number of nitrogens with zero attached hydrogens (tertiary/aromatic N) is 5. The summed E-state index contributed by atoms with van der Waals surface area (Å²) in [6.45, 7) is -2.08. The second-order valence-electron chi connectivity index (χ2n) is 7.65. The smallest absolute Gasteiger partial charge is 0.387 e. The number of carbonyl (C=O) groups is 1. The van der Waals surface area contributed by atoms with Gasteiger partial charge in [-0.05, 0) is 35.0 Å². The molecule has 1 N–H and O–H groups in total. The summed E-state index contributed by atoms with van der Waals surface area (Å²) in [5, 5.41) is 14.3. The summed E-state index contributed by atoms with van der Waals surface area (Å²) in [5.41, 5.74) is 1.67. The largest absolute Gasteiger partial charge is 0.434 e. The molecule has 34 heavy (non-hydrogen) atoms. The summed E-state index contributed by atoms with van der Waals surface area (Å²) in [7, 11) is 0. The molecule has 5 aromatic rings. The van der Waals surface area contributed by atoms with Crippen molar-refractivity contribution in [2.75, 3.05) is 18.5 Å². The van der Waals surface area contributed by atoms with E-state index in [2.05, 4.69) is 20.5 Å². The van der Waals surface area contributed by atoms with E-state index in [1.807, 2.05) is 11.4 Å². The van der Waals surface area contributed by atoms with Crippen LogP contribution >= 0.6 is 11.3 Å². The molecule has 0 bridgehead atoms. The topological polar surface area (TPSA) is 95.6 Å². The predicted octanol–water partition coefficient (Wildman–Crippen LogP) is 4.23. The van der Waals surface area contributed by atoms with Gasteiger partial charge in [0.1, 0.15) is 17.0 Å². The van der Waals surface area contributed by atoms with Gasteiger partial charge in [-0.1, -0.05) is 0 Å². The van der Waals surface area contributed by atoms with Crippen LogP contribution in [0.25, 0.3) is 27.0 Å². The first-order valence-electron chi connectivity index (χ1n) is 10.3. The number of benzene rings is 1. The zero-order valence-corrected chi connectivity index (χ0v) is 18.2. The maximum Gasteiger partial charge on any atom is 0.387 e. The minimum atomic E-state index is -3.01. The fraction of sp³-hybridized carbons (Fsp3) is 0.182. The van der Waals surface area contributed by atoms with E-state index < -0.39 is 12.5 Å². The Morgan fingerprint density at radius 3 is 3.00 bits per heavy atom. The van der Waals surface area contributed by atoms with Crippen LogP contribution in [0.3, 0.4) is 0 Å². The van der Waals surface area contributed by atoms with E-state index in [4.69, 9.17) is 9.47 Å². The molecule has 0 radical (unpaired) electrons. The molecule has 0 atom stereocenters. The van der Waals surface area contributed by atoms with Crippen molar-refractivity contribution in [3.8, 4) is 17.0 Å². The lowest BCUT2D eigenvalue weighted by atomic mass is 10.1. The van der Waals surface area contributed by atoms with E-state index in [9.17, 15) is 13.6 Å². The Balaban J connectivity index is 1.45. The summed E-state index contributed by atoms with van der Waals surface area (Å²) in [6, 6.07) is 6.81. The second kappa shape index (κ2) is 8.15. The molecule has 0 spiro atoms. The van der Waals surface area contributed by atoms with Crippen molar-refractivity contribution in [1.82, 2.24) is 24.4 Å². The van der Waals surface area contributed by atoms with Gasteiger partial charge in [-0.3, -0.25) is 9.48 Å². The van der Waals surface area contributed by atoms with Crippen molar-refractivity contribution in [2.24, 2.45) is 0 Å². The van der Waals surface area contributed by atoms with Crippen molar-refractivity contribution >= 4 is 38.7 Å². The lowest BCUT2D eigenvalue weighted by Gasteiger charge is -2.25. The van der Waals surface area contributed by atoms with Crippen LogP contribution in [0.15, 0.2) is 54.4 Å². The van der Waals surface area contributed by atoms with Crippen LogP contribution in [0.4, 0.5) is 14.5 Å². The third-order valence-electron chi connectivity index (χ3n) is 5.52. The molecule has 0 aliphatic carbocycles. The van der Waals surface area contributed by atoms with Gasteiger partial charge in [-0.2, -0.15) is 19.0 Å². The Morgan fingerprint density at radius 1 is 1.32 bits per heavy atom. The first-order valence-corrected chi connectivity index (χ1v) is 11.2. The molecule has 5 heterocycles. The summed E-state index contributed by atoms with van der Waals surface area (Å²) < 4.78 is 40.6. The number of rotatable bonds is 6. The van der Waals surface area contributed by atoms with Crippen LogP contribution < -0.4 is 10.1 Å². The van der Waals surface area contributed by atoms with Gasteiger partial charge in [-0.15, -0.1) is 11.3 Å². The molecule has 4 aromatic heterocycles. The predicted molar refractivity (Wildman–Crippen MR) is 120 cm³/mol. The standard InChI is InChI=1S/C22H16F2N6O3S/c23-22(24)33-17-6-12-2-5-34-18(12)7-14(17)19-16(9-30(28-19)13-10-32-11-13)27-21(31)15-8-26-29-4-1-3-25-20(15)29/h1-9,13,22H,10-11H2,(H,27,31). The first kappa shape index (κ1) is 20.7. The average Bonchev–Trinajstić information content (AvgIpc) is 3.49. The maximum absolute atomic E-state index is 13.2. The summed E-state index contributed by atoms with van der Waals surface area (Å²) >= 11 is 1.47. The molecule has 0 saturated carbocycles. The molecule has 1 aromatic carbocycles. The van der Waals surface area contributed by atoms with E-state index >= 15 is 0 Å². The van der Waals surface area contributed by atoms with E-state index in [1.165, 1.54) is 22.0 Å². The minimum Gasteiger partial charge on any atom is -0.434 e. The van der Waals surface area contributed by atoms with Gasteiger partial charge in [0, 0.05) is 28.9 Å². The number of fused-ring (bicyclic) bond motifs is 2. The van der Waals surface area contributed by atoms with Crippen LogP contribution in [0, 0.1) is 0 Å². The Morgan fingerprint density at radius 2 is 2.21 bits per heavy atom. The molecule has 1 aliphatic heterocycles. The Bertz CT molecular complexity index is 1520. The molecular formula is C22H16F2N6O3S. The van der Waals surface area contributed by atoms with E-state index in [0.717, 1.165) is 10.1 Å². The highest BCUT2D eigenvalue weighted by Crippen LogP contribution is 2.40. The second-order valence-corrected chi connectivity index (χ2v) is 8.60. The van der Waals surface area contributed by atoms with E-state index in [-0.39, 0.29) is 17.4 Å². The van der Waals surface area contributed by atoms with Gasteiger partial charge >= 0.3 is 6.61 Å². The van der Waals surface area contributed by atoms with Crippen molar-refractivity contribution in [2.45, 2.75) is 12.7 Å². The van der Waals surface area contributed by atoms with Crippen molar-refractivity contribution in [3.05, 3.63) is 60.0 Å². The molecule has 6 rings (SSSR count). The Kier molecular flexibility index (Phi) is 4.96. The Hall–Kier alpha value is -3.90. The van der Waals surface area contributed by atoms with Gasteiger partial charge in [0.05, 0.1) is 31.1 Å². The lowest BCUT2D eigenvalue weighted by molar-refractivity contribution is -0.0493. The van der Waals surface area contributed by atoms with Gasteiger partial charge in [0.2, 0.25) is 0 Å². The number of nitrogens with one attached hydrogen (secondary N) is 1. The number of halogens is 2. The molecule has 1 fully saturated rings. The van der Waals surface area contributed by atoms with Gasteiger partial charge < -0.3 is 14.8 Å². The van der Waals surface area contributed by atoms with Crippen LogP contribution in [0.2, 0.25) is 0 Å². The molecule has 172 valence electrons. The van der Waals surface area contributed by atoms with Gasteiger partial charge in [0.25, 0.3) is 5.91 Å². The normalized spacial score (nSPS) is 14.1. The summed E-state index contributed by atoms with van der Waals surface area (Å²) in [4.78, 5) is 17.4. The lowest BCUT2D eigenvalue weighted by Crippen LogP contribution is -2.30. The fourth-order valence-electron chi connectivity index (χ4n) is 3.79. The highest BCUT2D eigenvalue weighted by molar-refractivity contribution is 7.17. The molecule has 9 nitrogen and oxygen atoms in total. The van der Waals surface area contributed by atoms with Crippen molar-refractivity contribution in [3.63, 3.8) is 0 Å². The maximum atomic E-state index is 13.2. The van der Waals surface area contributed by atoms with Crippen molar-refractivity contribution < 1.29 is 23.0 Å². The number of ether oxygens (including phenoxy) is 2. The number of aromatic nitrogens is 5. The van der Waals surface area contributed by atoms with Gasteiger partial charge in [0.15, 0.2) is 5.65 Å². The number of hydrogen-bond acceptors (Lipinski definition) is 7. The first-order chi connectivity index (χ1) is 16.6. The van der Waals surface area contributed by atoms with E-state index in [0.29, 0.717) is 35.8 Å². The zero-order chi connectivity index (χ0) is 23.2. The highest BCUT2D eigenvalue weighted by atomic mass is 32.1. The molecule has 1 aliphatic rings. The number of amides is 1. The zero-order valence-electron chi connectivity index (χ0n) is 17.4. The third kappa shape index (κ3) is 3.56. The number of thiophene rings is 1. The van der Waals surface area contributed by atoms with Crippen LogP contribution in [0.5, 0.6) is 5.75 Å². The fourth-order valence-corrected chi connectivity index (χ4v) is 4.60. The van der Waals surface area contributed by atoms with Crippen LogP contribution in [-0.4, -0.2) is 50.1 Å². The average molecular weight is 482 g/mol. The van der Waals surface area contributed by atoms with Crippen LogP contribution in [-0.2, 0) is 4.74 Å². The molecule has 12 heteroatoms. The molecular weight excluding hydrogens is 466 g/mol. The summed E-state index contributed by atoms with van der Waals surface area (Å²) in [5.74, 6) is -0.475. The van der Waals surface area contributed by atoms with Crippen LogP contribution in [0.1, 0.15) is 16.4 Å². The van der Waals surface area contributed by atoms with Gasteiger partial charge in [-0.25, -0.2) is 9.50 Å². The molecule has 0 unspecified atom stereocenters. The Labute approximate surface area is 194 Å². The quantitative estimate of drug-likeness (QED) is 0.389. The number of hydrogen-bond donors (Lipinski definition) is 1. The monoisotopic (exact) mass is 482 g/mol. The highest BCUT2D eigenvalue weighted by Gasteiger charge is 2.27. The third-order valence-corrected chi connectivity index (χ3v) is 6.40. The number of carbonyl (C=O) groups excluding carboxylic acids is 1. The number of anilines is 1. The molecule has 1 amide bonds. The number of alkyl halides is 2. The minimum absolute atomic E-state index is 0.0204. The summed E-state index contributed by atoms with van der Waals surface area (Å²) in [6.07, 6.45) is 6.34.